The summed E-state index contributed by atoms with van der Waals surface area (Å²) in [6.07, 6.45) is 7.06. The first-order valence-corrected chi connectivity index (χ1v) is 3.31. The van der Waals surface area contributed by atoms with Crippen LogP contribution in [0.1, 0.15) is 5.56 Å². The first kappa shape index (κ1) is 5.54. The van der Waals surface area contributed by atoms with Gasteiger partial charge in [0.25, 0.3) is 0 Å². The van der Waals surface area contributed by atoms with E-state index in [0.29, 0.717) is 0 Å². The van der Waals surface area contributed by atoms with Gasteiger partial charge in [0.2, 0.25) is 0 Å². The Morgan fingerprint density at radius 1 is 1.50 bits per heavy atom. The molecule has 0 amide bonds. The molecule has 0 atom stereocenters. The number of hydrogen-bond donors (Lipinski definition) is 0. The lowest BCUT2D eigenvalue weighted by atomic mass is 10.1. The highest BCUT2D eigenvalue weighted by molar-refractivity contribution is 5.40. The molecule has 0 radical (unpaired) electrons. The molecule has 0 aromatic carbocycles. The summed E-state index contributed by atoms with van der Waals surface area (Å²) in [5, 5.41) is 0. The molecule has 0 spiro atoms. The van der Waals surface area contributed by atoms with Gasteiger partial charge in [-0.2, -0.15) is 0 Å². The Balaban J connectivity index is 2.81. The zero-order valence-corrected chi connectivity index (χ0v) is 5.63. The smallest absolute Gasteiger partial charge is 0.131 e. The fourth-order valence-corrected chi connectivity index (χ4v) is 1.15. The van der Waals surface area contributed by atoms with Gasteiger partial charge in [-0.3, -0.25) is 0 Å². The maximum Gasteiger partial charge on any atom is 0.131 e. The van der Waals surface area contributed by atoms with Crippen LogP contribution in [0.15, 0.2) is 22.6 Å². The van der Waals surface area contributed by atoms with Crippen molar-refractivity contribution in [3.8, 4) is 0 Å². The third-order valence-corrected chi connectivity index (χ3v) is 1.61. The Labute approximate surface area is 59.0 Å². The SMILES string of the molecule is C=c1cc2c(o1)=CC=CC2. The quantitative estimate of drug-likeness (QED) is 0.503. The lowest BCUT2D eigenvalue weighted by molar-refractivity contribution is 0.500. The molecule has 0 saturated carbocycles. The Bertz CT molecular complexity index is 368. The molecule has 10 heavy (non-hydrogen) atoms. The van der Waals surface area contributed by atoms with Gasteiger partial charge >= 0.3 is 0 Å². The maximum atomic E-state index is 5.29. The van der Waals surface area contributed by atoms with E-state index in [1.54, 1.807) is 0 Å². The minimum atomic E-state index is 0.755. The van der Waals surface area contributed by atoms with Crippen molar-refractivity contribution in [2.75, 3.05) is 0 Å². The van der Waals surface area contributed by atoms with Gasteiger partial charge in [0.1, 0.15) is 10.8 Å². The van der Waals surface area contributed by atoms with E-state index in [4.69, 9.17) is 4.42 Å². The van der Waals surface area contributed by atoms with Gasteiger partial charge in [0.15, 0.2) is 0 Å². The predicted molar refractivity (Wildman–Crippen MR) is 40.8 cm³/mol. The molecular formula is C9H8O. The molecule has 0 fully saturated rings. The van der Waals surface area contributed by atoms with Crippen molar-refractivity contribution in [3.05, 3.63) is 34.6 Å². The lowest BCUT2D eigenvalue weighted by Gasteiger charge is -1.91. The van der Waals surface area contributed by atoms with E-state index in [9.17, 15) is 0 Å². The van der Waals surface area contributed by atoms with Gasteiger partial charge in [-0.05, 0) is 18.6 Å². The number of allylic oxidation sites excluding steroid dienone is 2. The van der Waals surface area contributed by atoms with E-state index in [-0.39, 0.29) is 0 Å². The van der Waals surface area contributed by atoms with Crippen molar-refractivity contribution in [1.29, 1.82) is 0 Å². The van der Waals surface area contributed by atoms with E-state index in [1.807, 2.05) is 18.2 Å². The van der Waals surface area contributed by atoms with Crippen LogP contribution >= 0.6 is 0 Å². The van der Waals surface area contributed by atoms with Gasteiger partial charge in [-0.15, -0.1) is 0 Å². The van der Waals surface area contributed by atoms with Gasteiger partial charge in [0.05, 0.1) is 0 Å². The second-order valence-electron chi connectivity index (χ2n) is 2.40. The Morgan fingerprint density at radius 2 is 2.40 bits per heavy atom. The van der Waals surface area contributed by atoms with Crippen LogP contribution in [0.2, 0.25) is 0 Å². The number of furan rings is 1. The van der Waals surface area contributed by atoms with Crippen LogP contribution < -0.4 is 10.8 Å². The average molecular weight is 132 g/mol. The second kappa shape index (κ2) is 1.87. The van der Waals surface area contributed by atoms with Crippen LogP contribution in [-0.2, 0) is 6.42 Å². The molecule has 1 aliphatic carbocycles. The van der Waals surface area contributed by atoms with Crippen molar-refractivity contribution >= 4 is 12.7 Å². The molecule has 0 saturated heterocycles. The number of rotatable bonds is 0. The third kappa shape index (κ3) is 0.711. The van der Waals surface area contributed by atoms with E-state index in [1.165, 1.54) is 5.56 Å². The summed E-state index contributed by atoms with van der Waals surface area (Å²) < 4.78 is 5.29. The van der Waals surface area contributed by atoms with Crippen LogP contribution in [0.5, 0.6) is 0 Å². The fraction of sp³-hybridized carbons (Fsp3) is 0.111. The maximum absolute atomic E-state index is 5.29. The fourth-order valence-electron chi connectivity index (χ4n) is 1.15. The molecule has 1 heterocycles. The molecule has 1 aliphatic rings. The Morgan fingerprint density at radius 3 is 3.20 bits per heavy atom. The van der Waals surface area contributed by atoms with E-state index >= 15 is 0 Å². The van der Waals surface area contributed by atoms with Crippen molar-refractivity contribution in [2.45, 2.75) is 6.42 Å². The lowest BCUT2D eigenvalue weighted by Crippen LogP contribution is -2.04. The minimum Gasteiger partial charge on any atom is -0.458 e. The summed E-state index contributed by atoms with van der Waals surface area (Å²) in [5.74, 6) is 0. The molecule has 1 nitrogen and oxygen atoms in total. The Kier molecular flexibility index (Phi) is 1.04. The van der Waals surface area contributed by atoms with Crippen LogP contribution in [0.25, 0.3) is 12.7 Å². The summed E-state index contributed by atoms with van der Waals surface area (Å²) in [6.45, 7) is 3.71. The molecule has 1 heteroatoms. The molecule has 0 unspecified atom stereocenters. The predicted octanol–water partition coefficient (Wildman–Crippen LogP) is 0.583. The van der Waals surface area contributed by atoms with Crippen molar-refractivity contribution < 1.29 is 4.42 Å². The summed E-state index contributed by atoms with van der Waals surface area (Å²) in [6, 6.07) is 1.98. The highest BCUT2D eigenvalue weighted by Crippen LogP contribution is 1.96. The first-order valence-electron chi connectivity index (χ1n) is 3.31. The van der Waals surface area contributed by atoms with Crippen LogP contribution in [0.3, 0.4) is 0 Å². The van der Waals surface area contributed by atoms with Crippen LogP contribution in [-0.4, -0.2) is 0 Å². The molecule has 2 rings (SSSR count). The van der Waals surface area contributed by atoms with Gasteiger partial charge in [0, 0.05) is 5.56 Å². The van der Waals surface area contributed by atoms with Crippen molar-refractivity contribution in [2.24, 2.45) is 0 Å². The van der Waals surface area contributed by atoms with Gasteiger partial charge in [-0.25, -0.2) is 0 Å². The van der Waals surface area contributed by atoms with Crippen LogP contribution in [0.4, 0.5) is 0 Å². The van der Waals surface area contributed by atoms with E-state index in [0.717, 1.165) is 17.3 Å². The summed E-state index contributed by atoms with van der Waals surface area (Å²) >= 11 is 0. The minimum absolute atomic E-state index is 0.755. The van der Waals surface area contributed by atoms with Crippen LogP contribution in [0, 0.1) is 0 Å². The van der Waals surface area contributed by atoms with E-state index in [2.05, 4.69) is 12.7 Å². The molecular weight excluding hydrogens is 124 g/mol. The van der Waals surface area contributed by atoms with Gasteiger partial charge in [-0.1, -0.05) is 18.7 Å². The zero-order chi connectivity index (χ0) is 6.97. The summed E-state index contributed by atoms with van der Waals surface area (Å²) in [4.78, 5) is 0. The van der Waals surface area contributed by atoms with Crippen molar-refractivity contribution in [1.82, 2.24) is 0 Å². The molecule has 1 aromatic heterocycles. The van der Waals surface area contributed by atoms with E-state index < -0.39 is 0 Å². The second-order valence-corrected chi connectivity index (χ2v) is 2.40. The zero-order valence-electron chi connectivity index (χ0n) is 5.63. The normalized spacial score (nSPS) is 14.4. The number of fused-ring (bicyclic) bond motifs is 1. The topological polar surface area (TPSA) is 13.1 Å². The molecule has 0 N–H and O–H groups in total. The highest BCUT2D eigenvalue weighted by atomic mass is 16.3. The molecule has 50 valence electrons. The largest absolute Gasteiger partial charge is 0.458 e. The standard InChI is InChI=1S/C9H8O/c1-7-6-8-4-2-3-5-9(8)10-7/h2-3,5-6H,1,4H2. The third-order valence-electron chi connectivity index (χ3n) is 1.61. The number of hydrogen-bond acceptors (Lipinski definition) is 1. The summed E-state index contributed by atoms with van der Waals surface area (Å²) in [7, 11) is 0. The molecule has 1 aromatic rings. The average Bonchev–Trinajstić information content (AvgIpc) is 2.27. The monoisotopic (exact) mass is 132 g/mol. The molecule has 0 bridgehead atoms. The highest BCUT2D eigenvalue weighted by Gasteiger charge is 1.99. The summed E-state index contributed by atoms with van der Waals surface area (Å²) in [5.41, 5.74) is 2.96. The first-order chi connectivity index (χ1) is 4.86. The molecule has 0 aliphatic heterocycles. The Hall–Kier alpha value is -1.24. The van der Waals surface area contributed by atoms with Gasteiger partial charge < -0.3 is 4.42 Å². The van der Waals surface area contributed by atoms with Crippen molar-refractivity contribution in [3.63, 3.8) is 0 Å².